The molecular weight excluding hydrogens is 634 g/mol. The van der Waals surface area contributed by atoms with E-state index in [-0.39, 0.29) is 13.0 Å². The zero-order valence-corrected chi connectivity index (χ0v) is 30.1. The third-order valence-electron chi connectivity index (χ3n) is 7.52. The Labute approximate surface area is 289 Å². The van der Waals surface area contributed by atoms with E-state index in [4.69, 9.17) is 28.4 Å². The highest BCUT2D eigenvalue weighted by Gasteiger charge is 2.40. The average molecular weight is 686 g/mol. The highest BCUT2D eigenvalue weighted by molar-refractivity contribution is 5.96. The third-order valence-corrected chi connectivity index (χ3v) is 7.52. The Balaban J connectivity index is 1.80. The maximum atomic E-state index is 14.1. The molecule has 0 radical (unpaired) electrons. The van der Waals surface area contributed by atoms with Gasteiger partial charge in [0.15, 0.2) is 17.4 Å². The van der Waals surface area contributed by atoms with Crippen LogP contribution in [0.5, 0.6) is 17.2 Å². The smallest absolute Gasteiger partial charge is 0.408 e. The van der Waals surface area contributed by atoms with Crippen LogP contribution >= 0.6 is 0 Å². The number of carbonyl (C=O) groups is 4. The van der Waals surface area contributed by atoms with Crippen LogP contribution < -0.4 is 19.5 Å². The van der Waals surface area contributed by atoms with E-state index in [9.17, 15) is 19.2 Å². The van der Waals surface area contributed by atoms with Gasteiger partial charge in [-0.25, -0.2) is 4.79 Å². The monoisotopic (exact) mass is 685 g/mol. The molecule has 1 atom stereocenters. The zero-order valence-electron chi connectivity index (χ0n) is 30.1. The molecule has 0 aliphatic carbocycles. The largest absolute Gasteiger partial charge is 0.493 e. The van der Waals surface area contributed by atoms with Crippen molar-refractivity contribution in [3.8, 4) is 17.2 Å². The van der Waals surface area contributed by atoms with E-state index in [2.05, 4.69) is 10.2 Å². The Morgan fingerprint density at radius 1 is 0.755 bits per heavy atom. The van der Waals surface area contributed by atoms with Gasteiger partial charge in [-0.05, 0) is 53.2 Å². The molecule has 1 N–H and O–H groups in total. The summed E-state index contributed by atoms with van der Waals surface area (Å²) in [5.74, 6) is -2.04. The normalized spacial score (nSPS) is 14.4. The van der Waals surface area contributed by atoms with Gasteiger partial charge >= 0.3 is 18.0 Å². The lowest BCUT2D eigenvalue weighted by molar-refractivity contribution is -0.175. The molecule has 0 bridgehead atoms. The zero-order chi connectivity index (χ0) is 36.4. The van der Waals surface area contributed by atoms with E-state index in [0.717, 1.165) is 11.1 Å². The fraction of sp³-hybridized carbons (Fsp3) is 0.556. The van der Waals surface area contributed by atoms with Gasteiger partial charge in [0, 0.05) is 44.7 Å². The highest BCUT2D eigenvalue weighted by atomic mass is 16.6. The first-order valence-corrected chi connectivity index (χ1v) is 16.3. The summed E-state index contributed by atoms with van der Waals surface area (Å²) < 4.78 is 33.1. The van der Waals surface area contributed by atoms with Gasteiger partial charge in [-0.3, -0.25) is 19.3 Å². The molecule has 1 heterocycles. The molecule has 49 heavy (non-hydrogen) atoms. The molecule has 13 heteroatoms. The number of amides is 2. The van der Waals surface area contributed by atoms with Crippen molar-refractivity contribution >= 4 is 23.9 Å². The van der Waals surface area contributed by atoms with Crippen molar-refractivity contribution in [2.24, 2.45) is 5.92 Å². The lowest BCUT2D eigenvalue weighted by Crippen LogP contribution is -2.56. The van der Waals surface area contributed by atoms with Gasteiger partial charge in [0.1, 0.15) is 23.9 Å². The van der Waals surface area contributed by atoms with Gasteiger partial charge in [-0.1, -0.05) is 36.4 Å². The first-order chi connectivity index (χ1) is 23.0. The van der Waals surface area contributed by atoms with Crippen molar-refractivity contribution in [1.29, 1.82) is 0 Å². The van der Waals surface area contributed by atoms with Gasteiger partial charge in [-0.15, -0.1) is 0 Å². The van der Waals surface area contributed by atoms with E-state index in [1.165, 1.54) is 0 Å². The summed E-state index contributed by atoms with van der Waals surface area (Å²) >= 11 is 0. The molecule has 0 saturated carbocycles. The lowest BCUT2D eigenvalue weighted by Gasteiger charge is -2.37. The predicted molar refractivity (Wildman–Crippen MR) is 181 cm³/mol. The molecular formula is C36H51N3O10. The number of methoxy groups -OCH3 is 3. The SMILES string of the molecule is COc1ccc(CN2CCN(C(=O)C(CC(C(=O)OC(C)(C)C)C(=O)OC(C)(C)C)NC(=O)OCc3ccccc3)CC2)c(OC)c1OC. The lowest BCUT2D eigenvalue weighted by atomic mass is 9.97. The molecule has 1 aliphatic heterocycles. The van der Waals surface area contributed by atoms with Gasteiger partial charge in [0.25, 0.3) is 0 Å². The summed E-state index contributed by atoms with van der Waals surface area (Å²) in [6.45, 7) is 12.2. The minimum absolute atomic E-state index is 0.0343. The van der Waals surface area contributed by atoms with Crippen LogP contribution in [0.3, 0.4) is 0 Å². The second-order valence-electron chi connectivity index (χ2n) is 13.7. The van der Waals surface area contributed by atoms with Crippen molar-refractivity contribution in [2.75, 3.05) is 47.5 Å². The Bertz CT molecular complexity index is 1400. The van der Waals surface area contributed by atoms with Crippen molar-refractivity contribution in [3.05, 3.63) is 53.6 Å². The summed E-state index contributed by atoms with van der Waals surface area (Å²) in [4.78, 5) is 57.5. The number of alkyl carbamates (subject to hydrolysis) is 1. The van der Waals surface area contributed by atoms with Gasteiger partial charge in [0.2, 0.25) is 11.7 Å². The molecule has 1 fully saturated rings. The molecule has 1 saturated heterocycles. The molecule has 2 aromatic carbocycles. The maximum absolute atomic E-state index is 14.1. The molecule has 270 valence electrons. The quantitative estimate of drug-likeness (QED) is 0.183. The summed E-state index contributed by atoms with van der Waals surface area (Å²) in [6, 6.07) is 11.5. The van der Waals surface area contributed by atoms with Crippen LogP contribution in [-0.4, -0.2) is 98.5 Å². The molecule has 0 spiro atoms. The number of piperazine rings is 1. The number of benzene rings is 2. The second kappa shape index (κ2) is 17.2. The van der Waals surface area contributed by atoms with Crippen LogP contribution in [0.2, 0.25) is 0 Å². The number of esters is 2. The molecule has 2 aromatic rings. The number of nitrogens with one attached hydrogen (secondary N) is 1. The van der Waals surface area contributed by atoms with Crippen LogP contribution in [0.1, 0.15) is 59.1 Å². The fourth-order valence-electron chi connectivity index (χ4n) is 5.27. The molecule has 0 aromatic heterocycles. The van der Waals surface area contributed by atoms with E-state index < -0.39 is 47.1 Å². The third kappa shape index (κ3) is 11.8. The minimum atomic E-state index is -1.49. The minimum Gasteiger partial charge on any atom is -0.493 e. The molecule has 13 nitrogen and oxygen atoms in total. The summed E-state index contributed by atoms with van der Waals surface area (Å²) in [5, 5.41) is 2.62. The fourth-order valence-corrected chi connectivity index (χ4v) is 5.27. The Kier molecular flexibility index (Phi) is 13.7. The van der Waals surface area contributed by atoms with Crippen LogP contribution in [0.15, 0.2) is 42.5 Å². The van der Waals surface area contributed by atoms with Gasteiger partial charge in [-0.2, -0.15) is 0 Å². The molecule has 3 rings (SSSR count). The van der Waals surface area contributed by atoms with Crippen LogP contribution in [0.4, 0.5) is 4.79 Å². The highest BCUT2D eigenvalue weighted by Crippen LogP contribution is 2.40. The van der Waals surface area contributed by atoms with Crippen LogP contribution in [0.25, 0.3) is 0 Å². The standard InChI is InChI=1S/C36H51N3O10/c1-35(2,3)48-32(41)26(33(42)49-36(4,5)6)21-27(37-34(43)47-23-24-13-11-10-12-14-24)31(40)39-19-17-38(18-20-39)22-25-15-16-28(44-7)30(46-9)29(25)45-8/h10-16,26-27H,17-23H2,1-9H3,(H,37,43). The first-order valence-electron chi connectivity index (χ1n) is 16.3. The number of hydrogen-bond acceptors (Lipinski definition) is 11. The average Bonchev–Trinajstić information content (AvgIpc) is 3.04. The van der Waals surface area contributed by atoms with Gasteiger partial charge in [0.05, 0.1) is 21.3 Å². The number of hydrogen-bond donors (Lipinski definition) is 1. The Morgan fingerprint density at radius 3 is 1.84 bits per heavy atom. The van der Waals surface area contributed by atoms with E-state index in [1.807, 2.05) is 30.3 Å². The molecule has 2 amide bonds. The summed E-state index contributed by atoms with van der Waals surface area (Å²) in [5.41, 5.74) is -0.182. The number of rotatable bonds is 13. The second-order valence-corrected chi connectivity index (χ2v) is 13.7. The van der Waals surface area contributed by atoms with E-state index >= 15 is 0 Å². The summed E-state index contributed by atoms with van der Waals surface area (Å²) in [6.07, 6.45) is -1.25. The number of carbonyl (C=O) groups excluding carboxylic acids is 4. The molecule has 1 unspecified atom stereocenters. The van der Waals surface area contributed by atoms with Crippen molar-refractivity contribution in [3.63, 3.8) is 0 Å². The summed E-state index contributed by atoms with van der Waals surface area (Å²) in [7, 11) is 4.67. The van der Waals surface area contributed by atoms with E-state index in [1.54, 1.807) is 79.9 Å². The molecule has 1 aliphatic rings. The topological polar surface area (TPSA) is 142 Å². The Morgan fingerprint density at radius 2 is 1.33 bits per heavy atom. The Hall–Kier alpha value is -4.52. The predicted octanol–water partition coefficient (Wildman–Crippen LogP) is 4.34. The first kappa shape index (κ1) is 38.9. The van der Waals surface area contributed by atoms with Crippen molar-refractivity contribution in [1.82, 2.24) is 15.1 Å². The van der Waals surface area contributed by atoms with E-state index in [0.29, 0.717) is 50.0 Å². The maximum Gasteiger partial charge on any atom is 0.408 e. The number of nitrogens with zero attached hydrogens (tertiary/aromatic N) is 2. The van der Waals surface area contributed by atoms with Crippen LogP contribution in [-0.2, 0) is 41.7 Å². The van der Waals surface area contributed by atoms with Gasteiger partial charge < -0.3 is 38.6 Å². The van der Waals surface area contributed by atoms with Crippen molar-refractivity contribution < 1.29 is 47.6 Å². The van der Waals surface area contributed by atoms with Crippen molar-refractivity contribution in [2.45, 2.75) is 78.4 Å². The number of ether oxygens (including phenoxy) is 6. The van der Waals surface area contributed by atoms with Crippen LogP contribution in [0, 0.1) is 5.92 Å².